The van der Waals surface area contributed by atoms with Crippen LogP contribution in [0.4, 0.5) is 0 Å². The zero-order valence-electron chi connectivity index (χ0n) is 7.45. The minimum atomic E-state index is -1.01. The molecule has 0 aliphatic carbocycles. The molecule has 0 bridgehead atoms. The molecule has 6 nitrogen and oxygen atoms in total. The first kappa shape index (κ1) is 19.4. The smallest absolute Gasteiger partial charge is 0.362 e. The normalized spacial score (nSPS) is 13.0. The molecule has 2 atom stereocenters. The Morgan fingerprint density at radius 3 is 1.29 bits per heavy atom. The molecule has 86 valence electrons. The maximum Gasteiger partial charge on any atom is 0.362 e. The summed E-state index contributed by atoms with van der Waals surface area (Å²) in [6, 6.07) is -1.48. The van der Waals surface area contributed by atoms with Crippen molar-refractivity contribution < 1.29 is 65.2 Å². The number of carbonyl (C=O) groups is 2. The van der Waals surface area contributed by atoms with Crippen LogP contribution in [0.5, 0.6) is 0 Å². The van der Waals surface area contributed by atoms with E-state index in [1.807, 2.05) is 0 Å². The van der Waals surface area contributed by atoms with Gasteiger partial charge in [-0.1, -0.05) is 0 Å². The number of carboxylic acid groups (broad SMARTS) is 2. The van der Waals surface area contributed by atoms with Gasteiger partial charge in [-0.2, -0.15) is 0 Å². The van der Waals surface area contributed by atoms with Gasteiger partial charge in [0.1, 0.15) is 0 Å². The van der Waals surface area contributed by atoms with E-state index in [9.17, 15) is 9.59 Å². The molecule has 0 aromatic rings. The van der Waals surface area contributed by atoms with Crippen LogP contribution in [0.1, 0.15) is 12.8 Å². The summed E-state index contributed by atoms with van der Waals surface area (Å²) in [5.41, 5.74) is 6.70. The first-order chi connectivity index (χ1) is 5.45. The number of hydrogen-bond acceptors (Lipinski definition) is 2. The molecule has 14 heavy (non-hydrogen) atoms. The average Bonchev–Trinajstić information content (AvgIpc) is 1.98. The summed E-state index contributed by atoms with van der Waals surface area (Å²) in [6.45, 7) is 0. The third-order valence-corrected chi connectivity index (χ3v) is 1.56. The lowest BCUT2D eigenvalue weighted by Crippen LogP contribution is -3.00. The van der Waals surface area contributed by atoms with Crippen LogP contribution in [0.3, 0.4) is 0 Å². The Labute approximate surface area is 102 Å². The molecule has 0 fully saturated rings. The summed E-state index contributed by atoms with van der Waals surface area (Å²) in [4.78, 5) is 20.5. The summed E-state index contributed by atoms with van der Waals surface area (Å²) in [7, 11) is 0. The second kappa shape index (κ2) is 9.38. The van der Waals surface area contributed by atoms with E-state index in [4.69, 9.17) is 10.2 Å². The Balaban J connectivity index is -0.000000605. The molecule has 0 amide bonds. The van der Waals surface area contributed by atoms with Gasteiger partial charge in [0.15, 0.2) is 12.1 Å². The maximum atomic E-state index is 10.3. The largest absolute Gasteiger partial charge is 1.00 e. The Kier molecular flexibility index (Phi) is 13.0. The van der Waals surface area contributed by atoms with Crippen LogP contribution in [0.2, 0.25) is 0 Å². The Morgan fingerprint density at radius 1 is 0.929 bits per heavy atom. The monoisotopic (exact) mass is 336 g/mol. The summed E-state index contributed by atoms with van der Waals surface area (Å²) in [6.07, 6.45) is 0.492. The molecule has 0 aromatic carbocycles. The predicted molar refractivity (Wildman–Crippen MR) is 37.9 cm³/mol. The highest BCUT2D eigenvalue weighted by molar-refractivity contribution is 5.73. The van der Waals surface area contributed by atoms with E-state index in [1.165, 1.54) is 0 Å². The number of quaternary nitrogens is 2. The van der Waals surface area contributed by atoms with Gasteiger partial charge in [-0.05, 0) is 0 Å². The average molecular weight is 338 g/mol. The van der Waals surface area contributed by atoms with Crippen molar-refractivity contribution in [3.05, 3.63) is 0 Å². The minimum Gasteiger partial charge on any atom is -1.00 e. The standard InChI is InChI=1S/C6H12N2O4.2BrH/c7-3(5(9)10)1-2-4(8)6(11)12;;/h3-4H,1-2,7-8H2,(H,9,10)(H,11,12);2*1H. The van der Waals surface area contributed by atoms with Gasteiger partial charge in [-0.15, -0.1) is 0 Å². The fourth-order valence-corrected chi connectivity index (χ4v) is 0.649. The first-order valence-corrected chi connectivity index (χ1v) is 3.57. The van der Waals surface area contributed by atoms with Gasteiger partial charge in [0.2, 0.25) is 0 Å². The Morgan fingerprint density at radius 2 is 1.14 bits per heavy atom. The second-order valence-corrected chi connectivity index (χ2v) is 2.65. The Hall–Kier alpha value is -0.180. The van der Waals surface area contributed by atoms with E-state index in [1.54, 1.807) is 0 Å². The lowest BCUT2D eigenvalue weighted by atomic mass is 10.1. The Bertz CT molecular complexity index is 171. The van der Waals surface area contributed by atoms with Crippen LogP contribution in [0, 0.1) is 0 Å². The van der Waals surface area contributed by atoms with Crippen molar-refractivity contribution in [2.75, 3.05) is 0 Å². The molecule has 8 heteroatoms. The molecule has 0 aliphatic rings. The number of carboxylic acids is 2. The van der Waals surface area contributed by atoms with Crippen molar-refractivity contribution in [3.8, 4) is 0 Å². The molecule has 0 aliphatic heterocycles. The molecular weight excluding hydrogens is 324 g/mol. The topological polar surface area (TPSA) is 130 Å². The molecule has 0 radical (unpaired) electrons. The van der Waals surface area contributed by atoms with Crippen LogP contribution in [0.15, 0.2) is 0 Å². The summed E-state index contributed by atoms with van der Waals surface area (Å²) in [5, 5.41) is 16.8. The van der Waals surface area contributed by atoms with E-state index in [0.29, 0.717) is 0 Å². The lowest BCUT2D eigenvalue weighted by Gasteiger charge is -2.03. The third-order valence-electron chi connectivity index (χ3n) is 1.56. The van der Waals surface area contributed by atoms with Gasteiger partial charge in [0, 0.05) is 12.8 Å². The highest BCUT2D eigenvalue weighted by atomic mass is 79.9. The molecule has 0 spiro atoms. The van der Waals surface area contributed by atoms with Gasteiger partial charge in [0.05, 0.1) is 0 Å². The maximum absolute atomic E-state index is 10.3. The zero-order chi connectivity index (χ0) is 9.72. The predicted octanol–water partition coefficient (Wildman–Crippen LogP) is -8.84. The summed E-state index contributed by atoms with van der Waals surface area (Å²) >= 11 is 0. The number of aliphatic carboxylic acids is 2. The van der Waals surface area contributed by atoms with Gasteiger partial charge < -0.3 is 55.6 Å². The SMILES string of the molecule is [Br-].[Br-].[NH3+]C(CCC([NH3+])C(=O)O)C(=O)O. The quantitative estimate of drug-likeness (QED) is 0.397. The van der Waals surface area contributed by atoms with Crippen LogP contribution in [0.25, 0.3) is 0 Å². The molecule has 0 saturated carbocycles. The molecule has 0 heterocycles. The fourth-order valence-electron chi connectivity index (χ4n) is 0.649. The van der Waals surface area contributed by atoms with Crippen molar-refractivity contribution in [1.82, 2.24) is 0 Å². The van der Waals surface area contributed by atoms with E-state index in [-0.39, 0.29) is 46.8 Å². The number of hydrogen-bond donors (Lipinski definition) is 4. The van der Waals surface area contributed by atoms with Crippen molar-refractivity contribution in [3.63, 3.8) is 0 Å². The molecule has 0 aromatic heterocycles. The van der Waals surface area contributed by atoms with Gasteiger partial charge in [0.25, 0.3) is 0 Å². The van der Waals surface area contributed by atoms with Crippen LogP contribution < -0.4 is 45.4 Å². The molecular formula is C6H14Br2N2O4. The van der Waals surface area contributed by atoms with Crippen molar-refractivity contribution in [2.24, 2.45) is 0 Å². The zero-order valence-corrected chi connectivity index (χ0v) is 10.6. The van der Waals surface area contributed by atoms with Crippen LogP contribution in [-0.4, -0.2) is 34.2 Å². The molecule has 8 N–H and O–H groups in total. The highest BCUT2D eigenvalue weighted by Crippen LogP contribution is 1.95. The molecule has 0 saturated heterocycles. The summed E-state index contributed by atoms with van der Waals surface area (Å²) < 4.78 is 0. The van der Waals surface area contributed by atoms with Crippen molar-refractivity contribution in [1.29, 1.82) is 0 Å². The fraction of sp³-hybridized carbons (Fsp3) is 0.667. The minimum absolute atomic E-state index is 0. The first-order valence-electron chi connectivity index (χ1n) is 3.57. The van der Waals surface area contributed by atoms with E-state index >= 15 is 0 Å². The number of rotatable bonds is 5. The van der Waals surface area contributed by atoms with Gasteiger partial charge in [-0.25, -0.2) is 9.59 Å². The third kappa shape index (κ3) is 8.42. The summed E-state index contributed by atoms with van der Waals surface area (Å²) in [5.74, 6) is -2.01. The van der Waals surface area contributed by atoms with E-state index in [0.717, 1.165) is 0 Å². The van der Waals surface area contributed by atoms with Gasteiger partial charge in [-0.3, -0.25) is 0 Å². The van der Waals surface area contributed by atoms with Crippen LogP contribution in [-0.2, 0) is 9.59 Å². The highest BCUT2D eigenvalue weighted by Gasteiger charge is 2.21. The second-order valence-electron chi connectivity index (χ2n) is 2.65. The van der Waals surface area contributed by atoms with Gasteiger partial charge >= 0.3 is 11.9 Å². The van der Waals surface area contributed by atoms with E-state index < -0.39 is 24.0 Å². The van der Waals surface area contributed by atoms with E-state index in [2.05, 4.69) is 11.5 Å². The van der Waals surface area contributed by atoms with Crippen LogP contribution >= 0.6 is 0 Å². The van der Waals surface area contributed by atoms with Crippen molar-refractivity contribution in [2.45, 2.75) is 24.9 Å². The molecule has 2 unspecified atom stereocenters. The number of halogens is 2. The van der Waals surface area contributed by atoms with Crippen molar-refractivity contribution >= 4 is 11.9 Å². The lowest BCUT2D eigenvalue weighted by molar-refractivity contribution is -0.426. The molecule has 0 rings (SSSR count).